The van der Waals surface area contributed by atoms with Gasteiger partial charge in [-0.15, -0.1) is 11.8 Å². The van der Waals surface area contributed by atoms with Gasteiger partial charge in [0.1, 0.15) is 0 Å². The monoisotopic (exact) mass is 273 g/mol. The van der Waals surface area contributed by atoms with Crippen molar-refractivity contribution < 1.29 is 9.90 Å². The van der Waals surface area contributed by atoms with Crippen molar-refractivity contribution >= 4 is 17.7 Å². The zero-order valence-electron chi connectivity index (χ0n) is 11.9. The molecule has 1 aliphatic carbocycles. The van der Waals surface area contributed by atoms with Gasteiger partial charge in [0.15, 0.2) is 0 Å². The van der Waals surface area contributed by atoms with Crippen molar-refractivity contribution in [3.63, 3.8) is 0 Å². The zero-order chi connectivity index (χ0) is 13.5. The molecule has 3 nitrogen and oxygen atoms in total. The summed E-state index contributed by atoms with van der Waals surface area (Å²) in [6, 6.07) is 0.447. The fourth-order valence-electron chi connectivity index (χ4n) is 2.41. The highest BCUT2D eigenvalue weighted by Gasteiger charge is 2.24. The summed E-state index contributed by atoms with van der Waals surface area (Å²) < 4.78 is 0. The topological polar surface area (TPSA) is 40.5 Å². The van der Waals surface area contributed by atoms with Crippen molar-refractivity contribution in [2.75, 3.05) is 19.4 Å². The number of carbonyl (C=O) groups is 1. The summed E-state index contributed by atoms with van der Waals surface area (Å²) >= 11 is 1.65. The molecule has 0 aromatic heterocycles. The molecule has 0 heterocycles. The van der Waals surface area contributed by atoms with Gasteiger partial charge in [0.2, 0.25) is 5.91 Å². The Kier molecular flexibility index (Phi) is 7.08. The molecule has 4 heteroatoms. The van der Waals surface area contributed by atoms with Gasteiger partial charge in [0.05, 0.1) is 5.75 Å². The fraction of sp³-hybridized carbons (Fsp3) is 0.929. The molecule has 0 saturated heterocycles. The van der Waals surface area contributed by atoms with Gasteiger partial charge < -0.3 is 10.0 Å². The highest BCUT2D eigenvalue weighted by molar-refractivity contribution is 8.00. The molecular formula is C14H27NO2S. The van der Waals surface area contributed by atoms with Crippen LogP contribution in [0.1, 0.15) is 46.0 Å². The Hall–Kier alpha value is -0.220. The van der Waals surface area contributed by atoms with E-state index in [1.54, 1.807) is 11.8 Å². The van der Waals surface area contributed by atoms with Crippen molar-refractivity contribution in [1.82, 2.24) is 4.90 Å². The maximum absolute atomic E-state index is 12.1. The molecule has 106 valence electrons. The first-order valence-electron chi connectivity index (χ1n) is 7.02. The van der Waals surface area contributed by atoms with E-state index in [1.807, 2.05) is 11.9 Å². The van der Waals surface area contributed by atoms with Crippen molar-refractivity contribution in [1.29, 1.82) is 0 Å². The molecule has 1 amide bonds. The lowest BCUT2D eigenvalue weighted by Gasteiger charge is -2.33. The lowest BCUT2D eigenvalue weighted by atomic mass is 9.87. The van der Waals surface area contributed by atoms with Gasteiger partial charge in [-0.1, -0.05) is 13.8 Å². The lowest BCUT2D eigenvalue weighted by molar-refractivity contribution is -0.129. The zero-order valence-corrected chi connectivity index (χ0v) is 12.7. The summed E-state index contributed by atoms with van der Waals surface area (Å²) in [4.78, 5) is 14.0. The third-order valence-corrected chi connectivity index (χ3v) is 5.17. The van der Waals surface area contributed by atoms with E-state index in [2.05, 4.69) is 13.8 Å². The van der Waals surface area contributed by atoms with E-state index in [-0.39, 0.29) is 12.5 Å². The first kappa shape index (κ1) is 15.8. The van der Waals surface area contributed by atoms with E-state index in [4.69, 9.17) is 5.11 Å². The molecule has 1 atom stereocenters. The average Bonchev–Trinajstić information content (AvgIpc) is 2.36. The van der Waals surface area contributed by atoms with Crippen LogP contribution in [-0.4, -0.2) is 46.6 Å². The van der Waals surface area contributed by atoms with E-state index >= 15 is 0 Å². The van der Waals surface area contributed by atoms with Crippen LogP contribution < -0.4 is 0 Å². The molecule has 1 aliphatic rings. The van der Waals surface area contributed by atoms with E-state index < -0.39 is 0 Å². The molecule has 0 bridgehead atoms. The molecule has 0 aromatic carbocycles. The van der Waals surface area contributed by atoms with Crippen molar-refractivity contribution in [2.24, 2.45) is 5.92 Å². The molecule has 0 spiro atoms. The van der Waals surface area contributed by atoms with E-state index in [1.165, 1.54) is 12.8 Å². The highest BCUT2D eigenvalue weighted by Crippen LogP contribution is 2.27. The van der Waals surface area contributed by atoms with Crippen LogP contribution in [0.5, 0.6) is 0 Å². The van der Waals surface area contributed by atoms with E-state index in [0.29, 0.717) is 17.0 Å². The number of nitrogens with zero attached hydrogens (tertiary/aromatic N) is 1. The van der Waals surface area contributed by atoms with Crippen LogP contribution in [0.15, 0.2) is 0 Å². The van der Waals surface area contributed by atoms with Crippen molar-refractivity contribution in [2.45, 2.75) is 57.2 Å². The Morgan fingerprint density at radius 2 is 2.00 bits per heavy atom. The predicted octanol–water partition coefficient (Wildman–Crippen LogP) is 2.53. The smallest absolute Gasteiger partial charge is 0.232 e. The van der Waals surface area contributed by atoms with Gasteiger partial charge in [-0.2, -0.15) is 0 Å². The molecule has 1 saturated carbocycles. The van der Waals surface area contributed by atoms with Crippen LogP contribution in [0.4, 0.5) is 0 Å². The number of carbonyl (C=O) groups excluding carboxylic acids is 1. The third-order valence-electron chi connectivity index (χ3n) is 3.95. The largest absolute Gasteiger partial charge is 0.396 e. The second kappa shape index (κ2) is 8.05. The molecule has 0 aliphatic heterocycles. The van der Waals surface area contributed by atoms with Gasteiger partial charge in [0.25, 0.3) is 0 Å². The van der Waals surface area contributed by atoms with Crippen LogP contribution in [0.2, 0.25) is 0 Å². The van der Waals surface area contributed by atoms with Gasteiger partial charge in [-0.05, 0) is 38.0 Å². The van der Waals surface area contributed by atoms with Gasteiger partial charge in [0, 0.05) is 24.9 Å². The molecule has 1 rings (SSSR count). The van der Waals surface area contributed by atoms with Crippen LogP contribution in [0.3, 0.4) is 0 Å². The molecule has 1 unspecified atom stereocenters. The lowest BCUT2D eigenvalue weighted by Crippen LogP contribution is -2.40. The van der Waals surface area contributed by atoms with Gasteiger partial charge in [-0.25, -0.2) is 0 Å². The second-order valence-electron chi connectivity index (χ2n) is 5.55. The van der Waals surface area contributed by atoms with Crippen LogP contribution in [0, 0.1) is 5.92 Å². The Morgan fingerprint density at radius 1 is 1.39 bits per heavy atom. The quantitative estimate of drug-likeness (QED) is 0.808. The van der Waals surface area contributed by atoms with Crippen LogP contribution >= 0.6 is 11.8 Å². The highest BCUT2D eigenvalue weighted by atomic mass is 32.2. The summed E-state index contributed by atoms with van der Waals surface area (Å²) in [5.74, 6) is 1.61. The number of thioether (sulfide) groups is 1. The molecule has 0 radical (unpaired) electrons. The number of hydrogen-bond donors (Lipinski definition) is 1. The summed E-state index contributed by atoms with van der Waals surface area (Å²) in [5, 5.41) is 9.19. The average molecular weight is 273 g/mol. The standard InChI is InChI=1S/C14H27NO2S/c1-11-4-6-13(7-5-11)15(3)14(17)10-18-12(2)8-9-16/h11-13,16H,4-10H2,1-3H3. The first-order chi connectivity index (χ1) is 8.54. The van der Waals surface area contributed by atoms with Crippen molar-refractivity contribution in [3.05, 3.63) is 0 Å². The van der Waals surface area contributed by atoms with Gasteiger partial charge >= 0.3 is 0 Å². The Balaban J connectivity index is 2.28. The summed E-state index contributed by atoms with van der Waals surface area (Å²) in [7, 11) is 1.94. The molecule has 18 heavy (non-hydrogen) atoms. The first-order valence-corrected chi connectivity index (χ1v) is 8.07. The fourth-order valence-corrected chi connectivity index (χ4v) is 3.32. The minimum Gasteiger partial charge on any atom is -0.396 e. The van der Waals surface area contributed by atoms with E-state index in [0.717, 1.165) is 25.2 Å². The molecule has 1 fully saturated rings. The van der Waals surface area contributed by atoms with Crippen molar-refractivity contribution in [3.8, 4) is 0 Å². The number of aliphatic hydroxyl groups excluding tert-OH is 1. The predicted molar refractivity (Wildman–Crippen MR) is 77.8 cm³/mol. The van der Waals surface area contributed by atoms with E-state index in [9.17, 15) is 4.79 Å². The SMILES string of the molecule is CC1CCC(N(C)C(=O)CSC(C)CCO)CC1. The maximum Gasteiger partial charge on any atom is 0.232 e. The minimum absolute atomic E-state index is 0.207. The Labute approximate surface area is 115 Å². The summed E-state index contributed by atoms with van der Waals surface area (Å²) in [6.07, 6.45) is 5.57. The molecular weight excluding hydrogens is 246 g/mol. The Bertz CT molecular complexity index is 252. The maximum atomic E-state index is 12.1. The number of rotatable bonds is 6. The third kappa shape index (κ3) is 5.19. The number of hydrogen-bond acceptors (Lipinski definition) is 3. The number of aliphatic hydroxyl groups is 1. The normalized spacial score (nSPS) is 25.8. The molecule has 0 aromatic rings. The van der Waals surface area contributed by atoms with Crippen LogP contribution in [-0.2, 0) is 4.79 Å². The second-order valence-corrected chi connectivity index (χ2v) is 6.98. The summed E-state index contributed by atoms with van der Waals surface area (Å²) in [5.41, 5.74) is 0. The molecule has 1 N–H and O–H groups in total. The Morgan fingerprint density at radius 3 is 2.56 bits per heavy atom. The summed E-state index contributed by atoms with van der Waals surface area (Å²) in [6.45, 7) is 4.57. The number of amides is 1. The van der Waals surface area contributed by atoms with Gasteiger partial charge in [-0.3, -0.25) is 4.79 Å². The van der Waals surface area contributed by atoms with Crippen LogP contribution in [0.25, 0.3) is 0 Å². The minimum atomic E-state index is 0.207.